The van der Waals surface area contributed by atoms with Crippen molar-refractivity contribution in [2.45, 2.75) is 0 Å². The molecule has 2 aromatic heterocycles. The second-order valence-electron chi connectivity index (χ2n) is 5.40. The molecule has 3 aromatic rings. The van der Waals surface area contributed by atoms with Gasteiger partial charge in [0, 0.05) is 29.4 Å². The fourth-order valence-corrected chi connectivity index (χ4v) is 3.91. The van der Waals surface area contributed by atoms with Gasteiger partial charge >= 0.3 is 0 Å². The van der Waals surface area contributed by atoms with Crippen molar-refractivity contribution >= 4 is 59.1 Å². The average Bonchev–Trinajstić information content (AvgIpc) is 3.22. The second-order valence-corrected chi connectivity index (χ2v) is 6.43. The first-order valence-electron chi connectivity index (χ1n) is 7.24. The predicted octanol–water partition coefficient (Wildman–Crippen LogP) is 4.37. The Labute approximate surface area is 157 Å². The van der Waals surface area contributed by atoms with Gasteiger partial charge in [0.2, 0.25) is 0 Å². The molecule has 24 heavy (non-hydrogen) atoms. The molecule has 1 aliphatic rings. The summed E-state index contributed by atoms with van der Waals surface area (Å²) < 4.78 is 2.15. The van der Waals surface area contributed by atoms with Gasteiger partial charge in [-0.2, -0.15) is 0 Å². The van der Waals surface area contributed by atoms with Crippen molar-refractivity contribution in [1.82, 2.24) is 9.97 Å². The van der Waals surface area contributed by atoms with Gasteiger partial charge in [-0.15, -0.1) is 24.8 Å². The molecular weight excluding hydrogens is 365 g/mol. The Bertz CT molecular complexity index is 792. The Kier molecular flexibility index (Phi) is 6.15. The van der Waals surface area contributed by atoms with Gasteiger partial charge in [-0.05, 0) is 36.2 Å². The molecule has 0 aliphatic carbocycles. The molecular formula is C17H17Cl2N3OS. The molecule has 0 bridgehead atoms. The molecule has 1 saturated heterocycles. The van der Waals surface area contributed by atoms with Gasteiger partial charge in [0.05, 0.1) is 23.5 Å². The zero-order chi connectivity index (χ0) is 14.9. The summed E-state index contributed by atoms with van der Waals surface area (Å²) in [5, 5.41) is 1.08. The van der Waals surface area contributed by atoms with E-state index in [9.17, 15) is 4.79 Å². The number of ketones is 1. The molecule has 3 heterocycles. The van der Waals surface area contributed by atoms with Crippen LogP contribution in [0.3, 0.4) is 0 Å². The number of nitrogens with zero attached hydrogens (tertiary/aromatic N) is 2. The fourth-order valence-electron chi connectivity index (χ4n) is 2.75. The van der Waals surface area contributed by atoms with Crippen LogP contribution in [0.25, 0.3) is 10.9 Å². The number of aromatic nitrogens is 2. The van der Waals surface area contributed by atoms with E-state index in [4.69, 9.17) is 0 Å². The number of halogens is 2. The molecule has 0 radical (unpaired) electrons. The van der Waals surface area contributed by atoms with E-state index in [1.165, 1.54) is 0 Å². The predicted molar refractivity (Wildman–Crippen MR) is 105 cm³/mol. The van der Waals surface area contributed by atoms with Crippen LogP contribution in [-0.2, 0) is 0 Å². The number of hydrogen-bond acceptors (Lipinski definition) is 4. The molecule has 0 amide bonds. The molecule has 1 unspecified atom stereocenters. The number of pyridine rings is 1. The van der Waals surface area contributed by atoms with Crippen LogP contribution in [0.1, 0.15) is 10.5 Å². The van der Waals surface area contributed by atoms with E-state index in [1.807, 2.05) is 48.7 Å². The maximum absolute atomic E-state index is 12.7. The third-order valence-electron chi connectivity index (χ3n) is 3.92. The maximum atomic E-state index is 12.7. The standard InChI is InChI=1S/C17H15N3OS.2ClH/c21-17(16-8-12-4-1-2-6-15(12)19-16)13-10-20(22-11-13)14-5-3-7-18-9-14;;/h1-9,13,19H,10-11H2;2*1H. The quantitative estimate of drug-likeness (QED) is 0.540. The van der Waals surface area contributed by atoms with E-state index in [-0.39, 0.29) is 36.5 Å². The average molecular weight is 382 g/mol. The van der Waals surface area contributed by atoms with Crippen LogP contribution in [0, 0.1) is 5.92 Å². The van der Waals surface area contributed by atoms with Gasteiger partial charge in [-0.25, -0.2) is 0 Å². The SMILES string of the molecule is Cl.Cl.O=C(c1cc2ccccc2[nH]1)C1CSN(c2cccnc2)C1. The molecule has 1 atom stereocenters. The van der Waals surface area contributed by atoms with Gasteiger partial charge in [0.15, 0.2) is 5.78 Å². The number of aromatic amines is 1. The lowest BCUT2D eigenvalue weighted by atomic mass is 10.0. The van der Waals surface area contributed by atoms with E-state index >= 15 is 0 Å². The highest BCUT2D eigenvalue weighted by molar-refractivity contribution is 8.00. The van der Waals surface area contributed by atoms with E-state index < -0.39 is 0 Å². The molecule has 0 spiro atoms. The number of Topliss-reactive ketones (excluding diaryl/α,β-unsaturated/α-hetero) is 1. The van der Waals surface area contributed by atoms with Gasteiger partial charge in [-0.1, -0.05) is 18.2 Å². The summed E-state index contributed by atoms with van der Waals surface area (Å²) in [5.74, 6) is 1.01. The monoisotopic (exact) mass is 381 g/mol. The van der Waals surface area contributed by atoms with E-state index in [2.05, 4.69) is 14.3 Å². The normalized spacial score (nSPS) is 16.5. The van der Waals surface area contributed by atoms with E-state index in [0.717, 1.165) is 28.9 Å². The summed E-state index contributed by atoms with van der Waals surface area (Å²) in [7, 11) is 0. The Morgan fingerprint density at radius 1 is 1.21 bits per heavy atom. The van der Waals surface area contributed by atoms with E-state index in [0.29, 0.717) is 5.69 Å². The van der Waals surface area contributed by atoms with Crippen LogP contribution in [0.4, 0.5) is 5.69 Å². The van der Waals surface area contributed by atoms with Crippen molar-refractivity contribution in [3.05, 3.63) is 60.6 Å². The van der Waals surface area contributed by atoms with Gasteiger partial charge in [0.25, 0.3) is 0 Å². The summed E-state index contributed by atoms with van der Waals surface area (Å²) in [6.45, 7) is 0.727. The number of benzene rings is 1. The molecule has 7 heteroatoms. The summed E-state index contributed by atoms with van der Waals surface area (Å²) in [5.41, 5.74) is 2.78. The molecule has 1 fully saturated rings. The second kappa shape index (κ2) is 7.92. The number of hydrogen-bond donors (Lipinski definition) is 1. The van der Waals surface area contributed by atoms with Gasteiger partial charge in [0.1, 0.15) is 0 Å². The number of para-hydroxylation sites is 1. The minimum absolute atomic E-state index is 0. The van der Waals surface area contributed by atoms with E-state index in [1.54, 1.807) is 18.1 Å². The fraction of sp³-hybridized carbons (Fsp3) is 0.176. The van der Waals surface area contributed by atoms with Crippen molar-refractivity contribution < 1.29 is 4.79 Å². The minimum atomic E-state index is 0. The topological polar surface area (TPSA) is 49.0 Å². The first kappa shape index (κ1) is 18.6. The zero-order valence-corrected chi connectivity index (χ0v) is 15.2. The number of fused-ring (bicyclic) bond motifs is 1. The molecule has 4 rings (SSSR count). The highest BCUT2D eigenvalue weighted by Gasteiger charge is 2.31. The summed E-state index contributed by atoms with van der Waals surface area (Å²) >= 11 is 1.69. The highest BCUT2D eigenvalue weighted by Crippen LogP contribution is 2.32. The largest absolute Gasteiger partial charge is 0.352 e. The minimum Gasteiger partial charge on any atom is -0.352 e. The van der Waals surface area contributed by atoms with Crippen LogP contribution in [0.2, 0.25) is 0 Å². The smallest absolute Gasteiger partial charge is 0.184 e. The lowest BCUT2D eigenvalue weighted by molar-refractivity contribution is 0.0936. The van der Waals surface area contributed by atoms with Crippen LogP contribution < -0.4 is 4.31 Å². The van der Waals surface area contributed by atoms with Crippen LogP contribution >= 0.6 is 36.8 Å². The van der Waals surface area contributed by atoms with Crippen molar-refractivity contribution in [1.29, 1.82) is 0 Å². The number of carbonyl (C=O) groups excluding carboxylic acids is 1. The molecule has 4 nitrogen and oxygen atoms in total. The van der Waals surface area contributed by atoms with Crippen molar-refractivity contribution in [3.63, 3.8) is 0 Å². The zero-order valence-electron chi connectivity index (χ0n) is 12.7. The Morgan fingerprint density at radius 2 is 2.04 bits per heavy atom. The molecule has 126 valence electrons. The molecule has 1 N–H and O–H groups in total. The lowest BCUT2D eigenvalue weighted by Gasteiger charge is -2.15. The highest BCUT2D eigenvalue weighted by atomic mass is 35.5. The first-order chi connectivity index (χ1) is 10.8. The molecule has 0 saturated carbocycles. The third kappa shape index (κ3) is 3.53. The summed E-state index contributed by atoms with van der Waals surface area (Å²) in [6.07, 6.45) is 3.60. The Morgan fingerprint density at radius 3 is 2.79 bits per heavy atom. The third-order valence-corrected chi connectivity index (χ3v) is 5.14. The van der Waals surface area contributed by atoms with Crippen molar-refractivity contribution in [2.75, 3.05) is 16.6 Å². The molecule has 1 aliphatic heterocycles. The van der Waals surface area contributed by atoms with Gasteiger partial charge in [-0.3, -0.25) is 9.78 Å². The Hall–Kier alpha value is -1.69. The lowest BCUT2D eigenvalue weighted by Crippen LogP contribution is -2.22. The Balaban J connectivity index is 0.00000104. The van der Waals surface area contributed by atoms with Crippen LogP contribution in [-0.4, -0.2) is 28.0 Å². The number of H-pyrrole nitrogens is 1. The summed E-state index contributed by atoms with van der Waals surface area (Å²) in [6, 6.07) is 13.9. The number of nitrogens with one attached hydrogen (secondary N) is 1. The molecule has 1 aromatic carbocycles. The van der Waals surface area contributed by atoms with Crippen molar-refractivity contribution in [2.24, 2.45) is 5.92 Å². The number of rotatable bonds is 3. The van der Waals surface area contributed by atoms with Crippen LogP contribution in [0.5, 0.6) is 0 Å². The van der Waals surface area contributed by atoms with Crippen molar-refractivity contribution in [3.8, 4) is 0 Å². The van der Waals surface area contributed by atoms with Crippen LogP contribution in [0.15, 0.2) is 54.9 Å². The summed E-state index contributed by atoms with van der Waals surface area (Å²) in [4.78, 5) is 20.1. The number of carbonyl (C=O) groups is 1. The number of anilines is 1. The first-order valence-corrected chi connectivity index (χ1v) is 8.18. The maximum Gasteiger partial charge on any atom is 0.184 e. The van der Waals surface area contributed by atoms with Gasteiger partial charge < -0.3 is 9.29 Å².